The summed E-state index contributed by atoms with van der Waals surface area (Å²) >= 11 is 1.56. The molecule has 0 fully saturated rings. The standard InChI is InChI=1S/C19H21N3O2S/c1-3-17(20-10-6-9-18-21-11-12-25-18)19(24)22-13-15-7-4-5-8-16(15)14(2)23/h3-9,11-12,20H,10,13H2,1-2H3,(H,22,24)/b9-6+,17-3+. The van der Waals surface area contributed by atoms with Crippen molar-refractivity contribution in [2.24, 2.45) is 0 Å². The number of amides is 1. The molecule has 5 nitrogen and oxygen atoms in total. The van der Waals surface area contributed by atoms with Crippen LogP contribution in [0.4, 0.5) is 0 Å². The van der Waals surface area contributed by atoms with Crippen LogP contribution < -0.4 is 10.6 Å². The van der Waals surface area contributed by atoms with Gasteiger partial charge in [0, 0.05) is 30.2 Å². The maximum atomic E-state index is 12.3. The van der Waals surface area contributed by atoms with Crippen LogP contribution in [0.1, 0.15) is 34.8 Å². The molecule has 2 N–H and O–H groups in total. The van der Waals surface area contributed by atoms with E-state index in [1.54, 1.807) is 36.6 Å². The lowest BCUT2D eigenvalue weighted by molar-refractivity contribution is -0.118. The molecule has 0 aliphatic heterocycles. The van der Waals surface area contributed by atoms with E-state index < -0.39 is 0 Å². The summed E-state index contributed by atoms with van der Waals surface area (Å²) in [6, 6.07) is 7.28. The first-order chi connectivity index (χ1) is 12.1. The van der Waals surface area contributed by atoms with Gasteiger partial charge >= 0.3 is 0 Å². The fourth-order valence-corrected chi connectivity index (χ4v) is 2.81. The van der Waals surface area contributed by atoms with Crippen LogP contribution in [-0.2, 0) is 11.3 Å². The maximum Gasteiger partial charge on any atom is 0.267 e. The second kappa shape index (κ2) is 9.54. The molecule has 0 aliphatic carbocycles. The Balaban J connectivity index is 1.87. The van der Waals surface area contributed by atoms with Crippen LogP contribution in [0.25, 0.3) is 6.08 Å². The molecule has 2 aromatic rings. The van der Waals surface area contributed by atoms with Gasteiger partial charge in [0.25, 0.3) is 5.91 Å². The van der Waals surface area contributed by atoms with E-state index in [0.717, 1.165) is 10.6 Å². The van der Waals surface area contributed by atoms with Gasteiger partial charge in [-0.2, -0.15) is 0 Å². The lowest BCUT2D eigenvalue weighted by atomic mass is 10.0. The highest BCUT2D eigenvalue weighted by atomic mass is 32.1. The molecule has 1 aromatic heterocycles. The average Bonchev–Trinajstić information content (AvgIpc) is 3.13. The largest absolute Gasteiger partial charge is 0.377 e. The molecule has 0 radical (unpaired) electrons. The van der Waals surface area contributed by atoms with Crippen LogP contribution in [0.3, 0.4) is 0 Å². The van der Waals surface area contributed by atoms with Crippen LogP contribution in [0.5, 0.6) is 0 Å². The maximum absolute atomic E-state index is 12.3. The van der Waals surface area contributed by atoms with Gasteiger partial charge < -0.3 is 10.6 Å². The number of benzene rings is 1. The first-order valence-corrected chi connectivity index (χ1v) is 8.83. The molecule has 1 aromatic carbocycles. The predicted molar refractivity (Wildman–Crippen MR) is 101 cm³/mol. The number of aromatic nitrogens is 1. The van der Waals surface area contributed by atoms with Crippen molar-refractivity contribution in [3.63, 3.8) is 0 Å². The predicted octanol–water partition coefficient (Wildman–Crippen LogP) is 3.17. The minimum absolute atomic E-state index is 0.0124. The molecule has 6 heteroatoms. The molecular weight excluding hydrogens is 334 g/mol. The van der Waals surface area contributed by atoms with Gasteiger partial charge in [-0.1, -0.05) is 36.4 Å². The minimum atomic E-state index is -0.205. The zero-order chi connectivity index (χ0) is 18.1. The SMILES string of the molecule is C/C=C(/NC/C=C/c1nccs1)C(=O)NCc1ccccc1C(C)=O. The van der Waals surface area contributed by atoms with E-state index in [2.05, 4.69) is 15.6 Å². The summed E-state index contributed by atoms with van der Waals surface area (Å²) in [6.07, 6.45) is 7.30. The molecular formula is C19H21N3O2S. The zero-order valence-electron chi connectivity index (χ0n) is 14.3. The summed E-state index contributed by atoms with van der Waals surface area (Å²) in [7, 11) is 0. The Labute approximate surface area is 151 Å². The van der Waals surface area contributed by atoms with Gasteiger partial charge in [-0.05, 0) is 25.5 Å². The summed E-state index contributed by atoms with van der Waals surface area (Å²) < 4.78 is 0. The first-order valence-electron chi connectivity index (χ1n) is 7.95. The molecule has 2 rings (SSSR count). The Morgan fingerprint density at radius 3 is 2.72 bits per heavy atom. The number of rotatable bonds is 8. The molecule has 0 atom stereocenters. The average molecular weight is 355 g/mol. The van der Waals surface area contributed by atoms with Crippen molar-refractivity contribution in [1.82, 2.24) is 15.6 Å². The lowest BCUT2D eigenvalue weighted by Crippen LogP contribution is -2.31. The second-order valence-corrected chi connectivity index (χ2v) is 6.18. The Morgan fingerprint density at radius 2 is 2.04 bits per heavy atom. The number of thiazole rings is 1. The molecule has 0 spiro atoms. The molecule has 130 valence electrons. The summed E-state index contributed by atoms with van der Waals surface area (Å²) in [6.45, 7) is 4.16. The second-order valence-electron chi connectivity index (χ2n) is 5.25. The molecule has 25 heavy (non-hydrogen) atoms. The summed E-state index contributed by atoms with van der Waals surface area (Å²) in [5.74, 6) is -0.218. The molecule has 0 aliphatic rings. The Kier molecular flexibility index (Phi) is 7.10. The normalized spacial score (nSPS) is 11.5. The smallest absolute Gasteiger partial charge is 0.267 e. The first kappa shape index (κ1) is 18.6. The van der Waals surface area contributed by atoms with Gasteiger partial charge in [-0.3, -0.25) is 9.59 Å². The number of nitrogens with one attached hydrogen (secondary N) is 2. The quantitative estimate of drug-likeness (QED) is 0.564. The third-order valence-corrected chi connectivity index (χ3v) is 4.23. The van der Waals surface area contributed by atoms with Crippen molar-refractivity contribution in [1.29, 1.82) is 0 Å². The van der Waals surface area contributed by atoms with Crippen LogP contribution in [0.2, 0.25) is 0 Å². The number of nitrogens with zero attached hydrogens (tertiary/aromatic N) is 1. The fraction of sp³-hybridized carbons (Fsp3) is 0.211. The number of ketones is 1. The van der Waals surface area contributed by atoms with Crippen molar-refractivity contribution in [3.05, 3.63) is 69.8 Å². The fourth-order valence-electron chi connectivity index (χ4n) is 2.25. The van der Waals surface area contributed by atoms with E-state index in [1.165, 1.54) is 6.92 Å². The molecule has 0 unspecified atom stereocenters. The Hall–Kier alpha value is -2.73. The lowest BCUT2D eigenvalue weighted by Gasteiger charge is -2.11. The number of allylic oxidation sites excluding steroid dienone is 1. The van der Waals surface area contributed by atoms with E-state index in [1.807, 2.05) is 35.7 Å². The summed E-state index contributed by atoms with van der Waals surface area (Å²) in [5.41, 5.74) is 1.93. The summed E-state index contributed by atoms with van der Waals surface area (Å²) in [4.78, 5) is 28.1. The van der Waals surface area contributed by atoms with E-state index >= 15 is 0 Å². The van der Waals surface area contributed by atoms with Crippen LogP contribution in [-0.4, -0.2) is 23.2 Å². The number of Topliss-reactive ketones (excluding diaryl/α,β-unsaturated/α-hetero) is 1. The van der Waals surface area contributed by atoms with Crippen LogP contribution in [0, 0.1) is 0 Å². The number of carbonyl (C=O) groups is 2. The Bertz CT molecular complexity index is 780. The molecule has 1 heterocycles. The van der Waals surface area contributed by atoms with Gasteiger partial charge in [0.15, 0.2) is 5.78 Å². The van der Waals surface area contributed by atoms with Gasteiger partial charge in [0.05, 0.1) is 5.70 Å². The van der Waals surface area contributed by atoms with Gasteiger partial charge in [0.2, 0.25) is 0 Å². The highest BCUT2D eigenvalue weighted by Gasteiger charge is 2.10. The Morgan fingerprint density at radius 1 is 1.24 bits per heavy atom. The van der Waals surface area contributed by atoms with E-state index in [-0.39, 0.29) is 11.7 Å². The van der Waals surface area contributed by atoms with Gasteiger partial charge in [-0.15, -0.1) is 11.3 Å². The van der Waals surface area contributed by atoms with E-state index in [0.29, 0.717) is 24.4 Å². The molecule has 0 saturated carbocycles. The minimum Gasteiger partial charge on any atom is -0.377 e. The molecule has 0 saturated heterocycles. The number of hydrogen-bond donors (Lipinski definition) is 2. The monoisotopic (exact) mass is 355 g/mol. The topological polar surface area (TPSA) is 71.1 Å². The zero-order valence-corrected chi connectivity index (χ0v) is 15.1. The highest BCUT2D eigenvalue weighted by Crippen LogP contribution is 2.09. The third kappa shape index (κ3) is 5.69. The molecule has 0 bridgehead atoms. The van der Waals surface area contributed by atoms with Crippen molar-refractivity contribution in [3.8, 4) is 0 Å². The number of hydrogen-bond acceptors (Lipinski definition) is 5. The van der Waals surface area contributed by atoms with Crippen molar-refractivity contribution in [2.75, 3.05) is 6.54 Å². The summed E-state index contributed by atoms with van der Waals surface area (Å²) in [5, 5.41) is 8.76. The van der Waals surface area contributed by atoms with Crippen molar-refractivity contribution >= 4 is 29.1 Å². The van der Waals surface area contributed by atoms with Crippen molar-refractivity contribution in [2.45, 2.75) is 20.4 Å². The van der Waals surface area contributed by atoms with Crippen LogP contribution >= 0.6 is 11.3 Å². The van der Waals surface area contributed by atoms with Crippen molar-refractivity contribution < 1.29 is 9.59 Å². The van der Waals surface area contributed by atoms with E-state index in [4.69, 9.17) is 0 Å². The van der Waals surface area contributed by atoms with Gasteiger partial charge in [-0.25, -0.2) is 4.98 Å². The van der Waals surface area contributed by atoms with Crippen LogP contribution in [0.15, 0.2) is 53.7 Å². The molecule has 1 amide bonds. The number of carbonyl (C=O) groups excluding carboxylic acids is 2. The third-order valence-electron chi connectivity index (χ3n) is 3.49. The highest BCUT2D eigenvalue weighted by molar-refractivity contribution is 7.10. The van der Waals surface area contributed by atoms with Gasteiger partial charge in [0.1, 0.15) is 5.01 Å². The van der Waals surface area contributed by atoms with E-state index in [9.17, 15) is 9.59 Å².